The van der Waals surface area contributed by atoms with E-state index in [1.165, 1.54) is 0 Å². The van der Waals surface area contributed by atoms with Crippen molar-refractivity contribution in [3.05, 3.63) is 42.8 Å². The summed E-state index contributed by atoms with van der Waals surface area (Å²) in [5.41, 5.74) is 2.24. The van der Waals surface area contributed by atoms with Gasteiger partial charge in [-0.3, -0.25) is 0 Å². The molecule has 0 atom stereocenters. The summed E-state index contributed by atoms with van der Waals surface area (Å²) < 4.78 is 0. The molecule has 3 nitrogen and oxygen atoms in total. The molecule has 1 aromatic carbocycles. The predicted octanol–water partition coefficient (Wildman–Crippen LogP) is 1.84. The van der Waals surface area contributed by atoms with Gasteiger partial charge in [-0.25, -0.2) is 5.01 Å². The van der Waals surface area contributed by atoms with Gasteiger partial charge in [0.05, 0.1) is 5.69 Å². The fourth-order valence-electron chi connectivity index (χ4n) is 1.33. The van der Waals surface area contributed by atoms with Crippen LogP contribution in [0.2, 0.25) is 0 Å². The SMILES string of the molecule is [CH2]/C=C/c1ccc(N2CNC=N2)cc1. The minimum absolute atomic E-state index is 0.741. The molecule has 2 rings (SSSR count). The third-order valence-electron chi connectivity index (χ3n) is 2.03. The molecule has 0 fully saturated rings. The number of anilines is 1. The molecule has 1 radical (unpaired) electrons. The Hall–Kier alpha value is -1.77. The normalized spacial score (nSPS) is 15.1. The summed E-state index contributed by atoms with van der Waals surface area (Å²) in [5, 5.41) is 9.07. The summed E-state index contributed by atoms with van der Waals surface area (Å²) in [6.45, 7) is 4.40. The van der Waals surface area contributed by atoms with Gasteiger partial charge in [0.15, 0.2) is 0 Å². The first-order chi connectivity index (χ1) is 6.90. The molecule has 0 bridgehead atoms. The number of nitrogens with zero attached hydrogens (tertiary/aromatic N) is 2. The van der Waals surface area contributed by atoms with E-state index < -0.39 is 0 Å². The summed E-state index contributed by atoms with van der Waals surface area (Å²) in [7, 11) is 0. The van der Waals surface area contributed by atoms with Crippen LogP contribution in [0.15, 0.2) is 35.4 Å². The minimum atomic E-state index is 0.741. The van der Waals surface area contributed by atoms with Crippen LogP contribution in [0.4, 0.5) is 5.69 Å². The lowest BCUT2D eigenvalue weighted by Gasteiger charge is -2.12. The van der Waals surface area contributed by atoms with E-state index in [2.05, 4.69) is 17.3 Å². The first kappa shape index (κ1) is 8.81. The van der Waals surface area contributed by atoms with Gasteiger partial charge in [-0.15, -0.1) is 0 Å². The highest BCUT2D eigenvalue weighted by Gasteiger charge is 2.06. The lowest BCUT2D eigenvalue weighted by Crippen LogP contribution is -2.20. The van der Waals surface area contributed by atoms with Crippen molar-refractivity contribution in [2.24, 2.45) is 5.10 Å². The van der Waals surface area contributed by atoms with Gasteiger partial charge in [-0.1, -0.05) is 24.3 Å². The van der Waals surface area contributed by atoms with Crippen LogP contribution < -0.4 is 10.3 Å². The van der Waals surface area contributed by atoms with Crippen LogP contribution in [0.5, 0.6) is 0 Å². The zero-order valence-electron chi connectivity index (χ0n) is 7.85. The average molecular weight is 186 g/mol. The van der Waals surface area contributed by atoms with Crippen LogP contribution in [-0.2, 0) is 0 Å². The Morgan fingerprint density at radius 1 is 1.36 bits per heavy atom. The van der Waals surface area contributed by atoms with E-state index in [0.29, 0.717) is 0 Å². The van der Waals surface area contributed by atoms with Crippen molar-refractivity contribution in [2.75, 3.05) is 11.7 Å². The quantitative estimate of drug-likeness (QED) is 0.763. The van der Waals surface area contributed by atoms with Gasteiger partial charge in [0.2, 0.25) is 0 Å². The maximum absolute atomic E-state index is 4.15. The smallest absolute Gasteiger partial charge is 0.111 e. The molecule has 1 aliphatic heterocycles. The number of rotatable bonds is 2. The topological polar surface area (TPSA) is 27.6 Å². The molecule has 1 aromatic rings. The van der Waals surface area contributed by atoms with Gasteiger partial charge in [0, 0.05) is 0 Å². The number of benzene rings is 1. The van der Waals surface area contributed by atoms with Crippen LogP contribution in [0.25, 0.3) is 6.08 Å². The highest BCUT2D eigenvalue weighted by atomic mass is 15.5. The van der Waals surface area contributed by atoms with Crippen molar-refractivity contribution in [2.45, 2.75) is 0 Å². The van der Waals surface area contributed by atoms with Crippen molar-refractivity contribution < 1.29 is 0 Å². The second-order valence-corrected chi connectivity index (χ2v) is 3.00. The highest BCUT2D eigenvalue weighted by molar-refractivity contribution is 5.63. The predicted molar refractivity (Wildman–Crippen MR) is 59.8 cm³/mol. The molecule has 1 heterocycles. The van der Waals surface area contributed by atoms with Gasteiger partial charge < -0.3 is 5.32 Å². The Morgan fingerprint density at radius 3 is 2.71 bits per heavy atom. The highest BCUT2D eigenvalue weighted by Crippen LogP contribution is 2.16. The third-order valence-corrected chi connectivity index (χ3v) is 2.03. The van der Waals surface area contributed by atoms with Crippen molar-refractivity contribution in [1.82, 2.24) is 5.32 Å². The van der Waals surface area contributed by atoms with E-state index in [-0.39, 0.29) is 0 Å². The van der Waals surface area contributed by atoms with Crippen molar-refractivity contribution in [3.8, 4) is 0 Å². The van der Waals surface area contributed by atoms with Gasteiger partial charge in [-0.2, -0.15) is 5.10 Å². The number of hydrogen-bond acceptors (Lipinski definition) is 3. The average Bonchev–Trinajstić information content (AvgIpc) is 2.72. The fourth-order valence-corrected chi connectivity index (χ4v) is 1.33. The molecule has 0 aliphatic carbocycles. The summed E-state index contributed by atoms with van der Waals surface area (Å²) in [5.74, 6) is 0. The molecular formula is C11H12N3. The summed E-state index contributed by atoms with van der Waals surface area (Å²) in [6.07, 6.45) is 5.45. The molecule has 0 saturated carbocycles. The molecule has 14 heavy (non-hydrogen) atoms. The molecule has 0 aromatic heterocycles. The molecule has 0 spiro atoms. The second kappa shape index (κ2) is 3.96. The van der Waals surface area contributed by atoms with Gasteiger partial charge in [-0.05, 0) is 24.6 Å². The number of nitrogens with one attached hydrogen (secondary N) is 1. The fraction of sp³-hybridized carbons (Fsp3) is 0.0909. The van der Waals surface area contributed by atoms with Crippen LogP contribution >= 0.6 is 0 Å². The first-order valence-corrected chi connectivity index (χ1v) is 4.49. The lowest BCUT2D eigenvalue weighted by atomic mass is 10.2. The molecule has 71 valence electrons. The van der Waals surface area contributed by atoms with Crippen molar-refractivity contribution >= 4 is 18.1 Å². The Morgan fingerprint density at radius 2 is 2.14 bits per heavy atom. The Bertz CT molecular complexity index is 351. The molecule has 0 amide bonds. The van der Waals surface area contributed by atoms with Crippen molar-refractivity contribution in [1.29, 1.82) is 0 Å². The van der Waals surface area contributed by atoms with E-state index in [0.717, 1.165) is 17.9 Å². The van der Waals surface area contributed by atoms with Crippen molar-refractivity contribution in [3.63, 3.8) is 0 Å². The Kier molecular flexibility index (Phi) is 2.49. The first-order valence-electron chi connectivity index (χ1n) is 4.49. The summed E-state index contributed by atoms with van der Waals surface area (Å²) in [4.78, 5) is 0. The standard InChI is InChI=1S/C11H12N3/c1-2-3-10-4-6-11(7-5-10)14-9-12-8-13-14/h2-8H,1,9H2,(H,12,13)/b3-2+. The lowest BCUT2D eigenvalue weighted by molar-refractivity contribution is 0.871. The van der Waals surface area contributed by atoms with Gasteiger partial charge >= 0.3 is 0 Å². The Labute approximate surface area is 83.7 Å². The van der Waals surface area contributed by atoms with Crippen LogP contribution in [0, 0.1) is 6.92 Å². The van der Waals surface area contributed by atoms with E-state index in [4.69, 9.17) is 0 Å². The second-order valence-electron chi connectivity index (χ2n) is 3.00. The zero-order valence-corrected chi connectivity index (χ0v) is 7.85. The Balaban J connectivity index is 2.17. The monoisotopic (exact) mass is 186 g/mol. The number of allylic oxidation sites excluding steroid dienone is 1. The zero-order chi connectivity index (χ0) is 9.80. The van der Waals surface area contributed by atoms with E-state index in [1.807, 2.05) is 35.4 Å². The van der Waals surface area contributed by atoms with Crippen LogP contribution in [-0.4, -0.2) is 13.0 Å². The maximum atomic E-state index is 4.15. The molecule has 3 heteroatoms. The van der Waals surface area contributed by atoms with Gasteiger partial charge in [0.1, 0.15) is 13.0 Å². The maximum Gasteiger partial charge on any atom is 0.111 e. The van der Waals surface area contributed by atoms with Crippen LogP contribution in [0.1, 0.15) is 5.56 Å². The number of hydrazone groups is 1. The van der Waals surface area contributed by atoms with Gasteiger partial charge in [0.25, 0.3) is 0 Å². The summed E-state index contributed by atoms with van der Waals surface area (Å²) in [6, 6.07) is 8.18. The molecule has 1 aliphatic rings. The van der Waals surface area contributed by atoms with E-state index in [9.17, 15) is 0 Å². The molecule has 0 saturated heterocycles. The summed E-state index contributed by atoms with van der Waals surface area (Å²) >= 11 is 0. The van der Waals surface area contributed by atoms with Crippen LogP contribution in [0.3, 0.4) is 0 Å². The molecular weight excluding hydrogens is 174 g/mol. The van der Waals surface area contributed by atoms with E-state index in [1.54, 1.807) is 12.4 Å². The van der Waals surface area contributed by atoms with E-state index >= 15 is 0 Å². The minimum Gasteiger partial charge on any atom is -0.356 e. The molecule has 0 unspecified atom stereocenters. The third kappa shape index (κ3) is 1.76. The molecule has 1 N–H and O–H groups in total. The number of hydrogen-bond donors (Lipinski definition) is 1. The largest absolute Gasteiger partial charge is 0.356 e.